The SMILES string of the molecule is CC(C(=O)Nc1ccc(S(N)(=O)=O)cc1)N1C(=O)/C(=C/c2ccco2)SC1=S. The Morgan fingerprint density at radius 2 is 2.00 bits per heavy atom. The molecule has 3 rings (SSSR count). The van der Waals surface area contributed by atoms with Gasteiger partial charge in [0.1, 0.15) is 16.1 Å². The highest BCUT2D eigenvalue weighted by Gasteiger charge is 2.38. The second-order valence-corrected chi connectivity index (χ2v) is 9.04. The molecule has 1 saturated heterocycles. The number of hydrogen-bond donors (Lipinski definition) is 2. The molecule has 28 heavy (non-hydrogen) atoms. The van der Waals surface area contributed by atoms with Crippen molar-refractivity contribution in [2.45, 2.75) is 17.9 Å². The predicted octanol–water partition coefficient (Wildman–Crippen LogP) is 2.16. The minimum Gasteiger partial charge on any atom is -0.465 e. The summed E-state index contributed by atoms with van der Waals surface area (Å²) >= 11 is 6.33. The molecule has 1 aromatic heterocycles. The van der Waals surface area contributed by atoms with E-state index in [-0.39, 0.29) is 9.22 Å². The first kappa shape index (κ1) is 20.3. The van der Waals surface area contributed by atoms with Crippen LogP contribution in [0.15, 0.2) is 56.9 Å². The van der Waals surface area contributed by atoms with Crippen molar-refractivity contribution >= 4 is 61.9 Å². The Morgan fingerprint density at radius 1 is 1.32 bits per heavy atom. The second-order valence-electron chi connectivity index (χ2n) is 5.80. The molecule has 3 N–H and O–H groups in total. The lowest BCUT2D eigenvalue weighted by Gasteiger charge is -2.22. The van der Waals surface area contributed by atoms with E-state index in [9.17, 15) is 18.0 Å². The number of primary sulfonamides is 1. The van der Waals surface area contributed by atoms with Crippen molar-refractivity contribution < 1.29 is 22.4 Å². The zero-order chi connectivity index (χ0) is 20.5. The fourth-order valence-corrected chi connectivity index (χ4v) is 4.32. The number of thioether (sulfide) groups is 1. The van der Waals surface area contributed by atoms with Crippen LogP contribution in [0.2, 0.25) is 0 Å². The molecule has 0 saturated carbocycles. The van der Waals surface area contributed by atoms with Gasteiger partial charge in [0.05, 0.1) is 16.1 Å². The van der Waals surface area contributed by atoms with Crippen molar-refractivity contribution in [1.29, 1.82) is 0 Å². The van der Waals surface area contributed by atoms with Gasteiger partial charge in [-0.1, -0.05) is 24.0 Å². The van der Waals surface area contributed by atoms with Crippen LogP contribution in [-0.2, 0) is 19.6 Å². The van der Waals surface area contributed by atoms with Crippen LogP contribution < -0.4 is 10.5 Å². The quantitative estimate of drug-likeness (QED) is 0.543. The summed E-state index contributed by atoms with van der Waals surface area (Å²) < 4.78 is 28.0. The molecule has 0 radical (unpaired) electrons. The number of benzene rings is 1. The van der Waals surface area contributed by atoms with Crippen LogP contribution in [0, 0.1) is 0 Å². The third-order valence-electron chi connectivity index (χ3n) is 3.86. The van der Waals surface area contributed by atoms with Crippen LogP contribution in [0.1, 0.15) is 12.7 Å². The topological polar surface area (TPSA) is 123 Å². The normalized spacial score (nSPS) is 17.2. The fourth-order valence-electron chi connectivity index (χ4n) is 2.41. The maximum Gasteiger partial charge on any atom is 0.267 e. The van der Waals surface area contributed by atoms with E-state index in [1.165, 1.54) is 35.4 Å². The fraction of sp³-hybridized carbons (Fsp3) is 0.118. The number of nitrogens with two attached hydrogens (primary N) is 1. The van der Waals surface area contributed by atoms with Crippen LogP contribution >= 0.6 is 24.0 Å². The van der Waals surface area contributed by atoms with Gasteiger partial charge < -0.3 is 9.73 Å². The molecule has 1 unspecified atom stereocenters. The Kier molecular flexibility index (Phi) is 5.70. The number of rotatable bonds is 5. The van der Waals surface area contributed by atoms with Gasteiger partial charge in [-0.3, -0.25) is 14.5 Å². The van der Waals surface area contributed by atoms with Crippen molar-refractivity contribution in [3.63, 3.8) is 0 Å². The third kappa shape index (κ3) is 4.33. The number of carbonyl (C=O) groups excluding carboxylic acids is 2. The molecule has 1 aliphatic rings. The number of sulfonamides is 1. The van der Waals surface area contributed by atoms with Gasteiger partial charge in [-0.05, 0) is 43.3 Å². The number of thiocarbonyl (C=S) groups is 1. The summed E-state index contributed by atoms with van der Waals surface area (Å²) in [5.41, 5.74) is 0.362. The lowest BCUT2D eigenvalue weighted by Crippen LogP contribution is -2.44. The molecule has 1 fully saturated rings. The minimum atomic E-state index is -3.82. The van der Waals surface area contributed by atoms with Crippen LogP contribution in [0.4, 0.5) is 5.69 Å². The molecule has 1 atom stereocenters. The lowest BCUT2D eigenvalue weighted by molar-refractivity contribution is -0.129. The second kappa shape index (κ2) is 7.87. The molecule has 0 spiro atoms. The molecule has 1 aliphatic heterocycles. The van der Waals surface area contributed by atoms with E-state index in [1.54, 1.807) is 25.1 Å². The summed E-state index contributed by atoms with van der Waals surface area (Å²) in [7, 11) is -3.82. The number of amides is 2. The molecule has 2 amide bonds. The zero-order valence-electron chi connectivity index (χ0n) is 14.5. The van der Waals surface area contributed by atoms with Crippen molar-refractivity contribution in [3.8, 4) is 0 Å². The monoisotopic (exact) mass is 437 g/mol. The Bertz CT molecular complexity index is 1060. The smallest absolute Gasteiger partial charge is 0.267 e. The molecule has 8 nitrogen and oxygen atoms in total. The predicted molar refractivity (Wildman–Crippen MR) is 110 cm³/mol. The van der Waals surface area contributed by atoms with Crippen molar-refractivity contribution in [2.75, 3.05) is 5.32 Å². The number of nitrogens with one attached hydrogen (secondary N) is 1. The largest absolute Gasteiger partial charge is 0.465 e. The summed E-state index contributed by atoms with van der Waals surface area (Å²) in [6, 6.07) is 7.91. The molecule has 2 heterocycles. The number of nitrogens with zero attached hydrogens (tertiary/aromatic N) is 1. The van der Waals surface area contributed by atoms with Crippen LogP contribution in [0.3, 0.4) is 0 Å². The van der Waals surface area contributed by atoms with Gasteiger partial charge in [-0.2, -0.15) is 0 Å². The van der Waals surface area contributed by atoms with E-state index in [4.69, 9.17) is 21.8 Å². The molecular formula is C17H15N3O5S3. The van der Waals surface area contributed by atoms with Crippen molar-refractivity contribution in [3.05, 3.63) is 53.3 Å². The lowest BCUT2D eigenvalue weighted by atomic mass is 10.2. The van der Waals surface area contributed by atoms with E-state index in [1.807, 2.05) is 0 Å². The number of furan rings is 1. The van der Waals surface area contributed by atoms with Crippen LogP contribution in [-0.4, -0.2) is 35.5 Å². The van der Waals surface area contributed by atoms with E-state index in [2.05, 4.69) is 5.32 Å². The van der Waals surface area contributed by atoms with E-state index in [0.717, 1.165) is 11.8 Å². The first-order valence-electron chi connectivity index (χ1n) is 7.91. The summed E-state index contributed by atoms with van der Waals surface area (Å²) in [4.78, 5) is 26.7. The zero-order valence-corrected chi connectivity index (χ0v) is 16.9. The standard InChI is InChI=1S/C17H15N3O5S3/c1-10(15(21)19-11-4-6-13(7-5-11)28(18,23)24)20-16(22)14(27-17(20)26)9-12-3-2-8-25-12/h2-10H,1H3,(H,19,21)(H2,18,23,24)/b14-9-. The van der Waals surface area contributed by atoms with Crippen LogP contribution in [0.25, 0.3) is 6.08 Å². The van der Waals surface area contributed by atoms with E-state index < -0.39 is 27.9 Å². The van der Waals surface area contributed by atoms with Gasteiger partial charge in [0, 0.05) is 11.8 Å². The van der Waals surface area contributed by atoms with Crippen molar-refractivity contribution in [2.24, 2.45) is 5.14 Å². The first-order valence-corrected chi connectivity index (χ1v) is 10.7. The number of anilines is 1. The highest BCUT2D eigenvalue weighted by Crippen LogP contribution is 2.34. The summed E-state index contributed by atoms with van der Waals surface area (Å²) in [6.07, 6.45) is 3.06. The molecule has 146 valence electrons. The maximum absolute atomic E-state index is 12.6. The van der Waals surface area contributed by atoms with Gasteiger partial charge in [-0.15, -0.1) is 0 Å². The number of carbonyl (C=O) groups is 2. The molecule has 11 heteroatoms. The summed E-state index contributed by atoms with van der Waals surface area (Å²) in [5, 5.41) is 7.67. The molecule has 0 aliphatic carbocycles. The Hall–Kier alpha value is -2.47. The van der Waals surface area contributed by atoms with Gasteiger partial charge >= 0.3 is 0 Å². The number of hydrogen-bond acceptors (Lipinski definition) is 7. The minimum absolute atomic E-state index is 0.0708. The molecular weight excluding hydrogens is 422 g/mol. The van der Waals surface area contributed by atoms with Gasteiger partial charge in [0.15, 0.2) is 0 Å². The van der Waals surface area contributed by atoms with Crippen molar-refractivity contribution in [1.82, 2.24) is 4.90 Å². The van der Waals surface area contributed by atoms with Crippen LogP contribution in [0.5, 0.6) is 0 Å². The molecule has 0 bridgehead atoms. The van der Waals surface area contributed by atoms with Gasteiger partial charge in [0.25, 0.3) is 5.91 Å². The van der Waals surface area contributed by atoms with Gasteiger partial charge in [0.2, 0.25) is 15.9 Å². The average Bonchev–Trinajstić information content (AvgIpc) is 3.22. The Morgan fingerprint density at radius 3 is 2.57 bits per heavy atom. The van der Waals surface area contributed by atoms with Gasteiger partial charge in [-0.25, -0.2) is 13.6 Å². The average molecular weight is 438 g/mol. The Balaban J connectivity index is 1.72. The highest BCUT2D eigenvalue weighted by atomic mass is 32.2. The Labute approximate surface area is 170 Å². The first-order chi connectivity index (χ1) is 13.2. The summed E-state index contributed by atoms with van der Waals surface area (Å²) in [5.74, 6) is -0.356. The van der Waals surface area contributed by atoms with E-state index in [0.29, 0.717) is 16.4 Å². The highest BCUT2D eigenvalue weighted by molar-refractivity contribution is 8.26. The molecule has 1 aromatic carbocycles. The molecule has 2 aromatic rings. The van der Waals surface area contributed by atoms with E-state index >= 15 is 0 Å². The summed E-state index contributed by atoms with van der Waals surface area (Å²) in [6.45, 7) is 1.55. The maximum atomic E-state index is 12.6. The third-order valence-corrected chi connectivity index (χ3v) is 6.12.